The predicted octanol–water partition coefficient (Wildman–Crippen LogP) is 0.0503. The van der Waals surface area contributed by atoms with Crippen LogP contribution in [-0.2, 0) is 19.6 Å². The van der Waals surface area contributed by atoms with Crippen LogP contribution in [-0.4, -0.2) is 41.6 Å². The topological polar surface area (TPSA) is 134 Å². The van der Waals surface area contributed by atoms with E-state index < -0.39 is 34.4 Å². The van der Waals surface area contributed by atoms with E-state index in [-0.39, 0.29) is 4.90 Å². The molecule has 0 aliphatic carbocycles. The predicted molar refractivity (Wildman–Crippen MR) is 65.9 cm³/mol. The van der Waals surface area contributed by atoms with Crippen LogP contribution in [0.1, 0.15) is 6.42 Å². The molecule has 1 aromatic heterocycles. The largest absolute Gasteiger partial charge is 0.481 e. The molecule has 0 aromatic carbocycles. The van der Waals surface area contributed by atoms with Crippen molar-refractivity contribution in [3.05, 3.63) is 22.9 Å². The first-order valence-corrected chi connectivity index (χ1v) is 7.07. The van der Waals surface area contributed by atoms with Crippen molar-refractivity contribution in [1.82, 2.24) is 9.71 Å². The third-order valence-electron chi connectivity index (χ3n) is 1.96. The lowest BCUT2D eigenvalue weighted by Crippen LogP contribution is -2.42. The van der Waals surface area contributed by atoms with E-state index in [0.717, 1.165) is 6.20 Å². The fraction of sp³-hybridized carbons (Fsp3) is 0.222. The van der Waals surface area contributed by atoms with Gasteiger partial charge in [0.2, 0.25) is 10.0 Å². The summed E-state index contributed by atoms with van der Waals surface area (Å²) >= 11 is 3.02. The summed E-state index contributed by atoms with van der Waals surface area (Å²) in [6.45, 7) is 0. The summed E-state index contributed by atoms with van der Waals surface area (Å²) in [7, 11) is -4.16. The molecule has 8 nitrogen and oxygen atoms in total. The van der Waals surface area contributed by atoms with Crippen molar-refractivity contribution in [1.29, 1.82) is 0 Å². The number of hydrogen-bond acceptors (Lipinski definition) is 5. The number of hydrogen-bond donors (Lipinski definition) is 3. The third kappa shape index (κ3) is 4.58. The Balaban J connectivity index is 3.00. The molecule has 0 fully saturated rings. The molecule has 0 aliphatic rings. The molecule has 10 heteroatoms. The van der Waals surface area contributed by atoms with Crippen molar-refractivity contribution in [2.45, 2.75) is 17.4 Å². The summed E-state index contributed by atoms with van der Waals surface area (Å²) in [6.07, 6.45) is 1.51. The molecular formula is C9H9BrN2O6S. The highest BCUT2D eigenvalue weighted by Crippen LogP contribution is 2.14. The molecule has 1 unspecified atom stereocenters. The molecule has 0 amide bonds. The zero-order chi connectivity index (χ0) is 14.6. The molecule has 0 saturated carbocycles. The Hall–Kier alpha value is -1.52. The van der Waals surface area contributed by atoms with Crippen LogP contribution in [0.25, 0.3) is 0 Å². The van der Waals surface area contributed by atoms with Crippen molar-refractivity contribution in [3.8, 4) is 0 Å². The molecule has 0 aliphatic heterocycles. The van der Waals surface area contributed by atoms with Gasteiger partial charge < -0.3 is 10.2 Å². The minimum absolute atomic E-state index is 0.265. The minimum atomic E-state index is -4.16. The number of aliphatic carboxylic acids is 2. The molecule has 0 saturated heterocycles. The fourth-order valence-corrected chi connectivity index (χ4v) is 2.84. The summed E-state index contributed by atoms with van der Waals surface area (Å²) in [4.78, 5) is 24.6. The highest BCUT2D eigenvalue weighted by atomic mass is 79.9. The molecule has 1 heterocycles. The van der Waals surface area contributed by atoms with Gasteiger partial charge in [0.05, 0.1) is 6.42 Å². The van der Waals surface area contributed by atoms with Gasteiger partial charge in [0.15, 0.2) is 0 Å². The van der Waals surface area contributed by atoms with E-state index >= 15 is 0 Å². The molecule has 0 radical (unpaired) electrons. The van der Waals surface area contributed by atoms with E-state index in [9.17, 15) is 18.0 Å². The second-order valence-corrected chi connectivity index (χ2v) is 6.08. The minimum Gasteiger partial charge on any atom is -0.481 e. The van der Waals surface area contributed by atoms with E-state index in [0.29, 0.717) is 4.47 Å². The normalized spacial score (nSPS) is 12.9. The number of carbonyl (C=O) groups is 2. The van der Waals surface area contributed by atoms with Crippen molar-refractivity contribution in [2.75, 3.05) is 0 Å². The first kappa shape index (κ1) is 15.5. The highest BCUT2D eigenvalue weighted by Gasteiger charge is 2.27. The Bertz CT molecular complexity index is 602. The van der Waals surface area contributed by atoms with Crippen LogP contribution >= 0.6 is 15.9 Å². The van der Waals surface area contributed by atoms with Crippen LogP contribution in [0.3, 0.4) is 0 Å². The molecule has 1 rings (SSSR count). The SMILES string of the molecule is O=C(O)CC(NS(=O)(=O)c1cncc(Br)c1)C(=O)O. The number of carboxylic acid groups (broad SMARTS) is 2. The number of pyridine rings is 1. The Morgan fingerprint density at radius 1 is 1.37 bits per heavy atom. The average molecular weight is 353 g/mol. The lowest BCUT2D eigenvalue weighted by atomic mass is 10.2. The molecule has 1 aromatic rings. The molecule has 0 spiro atoms. The van der Waals surface area contributed by atoms with E-state index in [4.69, 9.17) is 10.2 Å². The van der Waals surface area contributed by atoms with Crippen LogP contribution in [0.5, 0.6) is 0 Å². The zero-order valence-corrected chi connectivity index (χ0v) is 11.7. The Morgan fingerprint density at radius 2 is 2.00 bits per heavy atom. The van der Waals surface area contributed by atoms with Crippen molar-refractivity contribution < 1.29 is 28.2 Å². The standard InChI is InChI=1S/C9H9BrN2O6S/c10-5-1-6(4-11-3-5)19(17,18)12-7(9(15)16)2-8(13)14/h1,3-4,7,12H,2H2,(H,13,14)(H,15,16). The van der Waals surface area contributed by atoms with Gasteiger partial charge in [0.25, 0.3) is 0 Å². The van der Waals surface area contributed by atoms with Gasteiger partial charge in [-0.05, 0) is 22.0 Å². The number of nitrogens with one attached hydrogen (secondary N) is 1. The van der Waals surface area contributed by atoms with Crippen LogP contribution in [0.4, 0.5) is 0 Å². The van der Waals surface area contributed by atoms with Gasteiger partial charge in [-0.1, -0.05) is 0 Å². The van der Waals surface area contributed by atoms with Gasteiger partial charge in [-0.15, -0.1) is 0 Å². The van der Waals surface area contributed by atoms with Gasteiger partial charge in [0, 0.05) is 16.9 Å². The number of carboxylic acids is 2. The summed E-state index contributed by atoms with van der Waals surface area (Å²) in [5, 5.41) is 17.3. The highest BCUT2D eigenvalue weighted by molar-refractivity contribution is 9.10. The average Bonchev–Trinajstić information content (AvgIpc) is 2.27. The summed E-state index contributed by atoms with van der Waals surface area (Å²) in [5.74, 6) is -3.00. The van der Waals surface area contributed by atoms with Crippen molar-refractivity contribution >= 4 is 37.9 Å². The van der Waals surface area contributed by atoms with Crippen molar-refractivity contribution in [2.24, 2.45) is 0 Å². The van der Waals surface area contributed by atoms with E-state index in [1.807, 2.05) is 0 Å². The first-order chi connectivity index (χ1) is 8.72. The van der Waals surface area contributed by atoms with Gasteiger partial charge >= 0.3 is 11.9 Å². The number of halogens is 1. The number of aromatic nitrogens is 1. The quantitative estimate of drug-likeness (QED) is 0.658. The number of rotatable bonds is 6. The maximum absolute atomic E-state index is 11.9. The van der Waals surface area contributed by atoms with Gasteiger partial charge in [-0.3, -0.25) is 14.6 Å². The number of sulfonamides is 1. The first-order valence-electron chi connectivity index (χ1n) is 4.80. The fourth-order valence-electron chi connectivity index (χ4n) is 1.15. The van der Waals surface area contributed by atoms with E-state index in [2.05, 4.69) is 20.9 Å². The Kier molecular flexibility index (Phi) is 4.97. The zero-order valence-electron chi connectivity index (χ0n) is 9.28. The van der Waals surface area contributed by atoms with Crippen LogP contribution in [0.2, 0.25) is 0 Å². The molecule has 1 atom stereocenters. The molecule has 19 heavy (non-hydrogen) atoms. The molecule has 0 bridgehead atoms. The van der Waals surface area contributed by atoms with Gasteiger partial charge in [-0.25, -0.2) is 8.42 Å². The summed E-state index contributed by atoms with van der Waals surface area (Å²) < 4.78 is 25.9. The maximum Gasteiger partial charge on any atom is 0.322 e. The molecule has 3 N–H and O–H groups in total. The summed E-state index contributed by atoms with van der Waals surface area (Å²) in [5.41, 5.74) is 0. The maximum atomic E-state index is 11.9. The van der Waals surface area contributed by atoms with Gasteiger partial charge in [-0.2, -0.15) is 4.72 Å². The van der Waals surface area contributed by atoms with Crippen LogP contribution < -0.4 is 4.72 Å². The number of nitrogens with zero attached hydrogens (tertiary/aromatic N) is 1. The smallest absolute Gasteiger partial charge is 0.322 e. The van der Waals surface area contributed by atoms with Gasteiger partial charge in [0.1, 0.15) is 10.9 Å². The molecule has 104 valence electrons. The van der Waals surface area contributed by atoms with Crippen LogP contribution in [0, 0.1) is 0 Å². The van der Waals surface area contributed by atoms with E-state index in [1.54, 1.807) is 4.72 Å². The third-order valence-corrected chi connectivity index (χ3v) is 3.84. The molecular weight excluding hydrogens is 344 g/mol. The second kappa shape index (κ2) is 6.08. The second-order valence-electron chi connectivity index (χ2n) is 3.45. The lowest BCUT2D eigenvalue weighted by Gasteiger charge is -2.12. The van der Waals surface area contributed by atoms with Crippen molar-refractivity contribution in [3.63, 3.8) is 0 Å². The lowest BCUT2D eigenvalue weighted by molar-refractivity contribution is -0.145. The van der Waals surface area contributed by atoms with E-state index in [1.165, 1.54) is 12.3 Å². The summed E-state index contributed by atoms with van der Waals surface area (Å²) in [6, 6.07) is -0.531. The Morgan fingerprint density at radius 3 is 2.47 bits per heavy atom. The Labute approximate surface area is 116 Å². The monoisotopic (exact) mass is 352 g/mol. The van der Waals surface area contributed by atoms with Crippen LogP contribution in [0.15, 0.2) is 27.8 Å².